The van der Waals surface area contributed by atoms with Crippen molar-refractivity contribution in [3.63, 3.8) is 0 Å². The van der Waals surface area contributed by atoms with Gasteiger partial charge >= 0.3 is 0 Å². The first-order chi connectivity index (χ1) is 11.7. The molecule has 0 spiro atoms. The second-order valence-electron chi connectivity index (χ2n) is 5.88. The number of amides is 1. The largest absolute Gasteiger partial charge is 0.329 e. The van der Waals surface area contributed by atoms with E-state index in [0.717, 1.165) is 40.6 Å². The van der Waals surface area contributed by atoms with Crippen LogP contribution in [0.1, 0.15) is 35.2 Å². The molecule has 1 saturated heterocycles. The number of carbonyl (C=O) groups is 1. The first-order valence-corrected chi connectivity index (χ1v) is 10.0. The molecule has 4 rings (SSSR count). The molecule has 2 aromatic heterocycles. The molecular weight excluding hydrogens is 340 g/mol. The predicted octanol–water partition coefficient (Wildman–Crippen LogP) is 3.73. The number of para-hydroxylation sites is 2. The smallest absolute Gasteiger partial charge is 0.273 e. The molecule has 0 bridgehead atoms. The van der Waals surface area contributed by atoms with Gasteiger partial charge in [-0.25, -0.2) is 9.97 Å². The molecule has 1 amide bonds. The lowest BCUT2D eigenvalue weighted by atomic mass is 10.2. The normalized spacial score (nSPS) is 17.8. The van der Waals surface area contributed by atoms with Crippen molar-refractivity contribution in [2.24, 2.45) is 7.05 Å². The van der Waals surface area contributed by atoms with E-state index in [2.05, 4.69) is 15.6 Å². The van der Waals surface area contributed by atoms with E-state index in [0.29, 0.717) is 5.69 Å². The van der Waals surface area contributed by atoms with Crippen molar-refractivity contribution in [3.8, 4) is 0 Å². The lowest BCUT2D eigenvalue weighted by Crippen LogP contribution is -2.32. The zero-order valence-corrected chi connectivity index (χ0v) is 15.2. The molecule has 7 heteroatoms. The van der Waals surface area contributed by atoms with Crippen LogP contribution in [0.3, 0.4) is 0 Å². The molecule has 0 aliphatic carbocycles. The number of carbonyl (C=O) groups excluding carboxylic acids is 1. The Morgan fingerprint density at radius 3 is 2.92 bits per heavy atom. The minimum Gasteiger partial charge on any atom is -0.329 e. The van der Waals surface area contributed by atoms with Crippen molar-refractivity contribution >= 4 is 40.0 Å². The second-order valence-corrected chi connectivity index (χ2v) is 7.79. The number of fused-ring (bicyclic) bond motifs is 1. The highest BCUT2D eigenvalue weighted by atomic mass is 32.2. The summed E-state index contributed by atoms with van der Waals surface area (Å²) >= 11 is 3.10. The van der Waals surface area contributed by atoms with Crippen molar-refractivity contribution in [3.05, 3.63) is 41.2 Å². The molecule has 1 aliphatic rings. The van der Waals surface area contributed by atoms with Crippen LogP contribution in [0.4, 0.5) is 0 Å². The van der Waals surface area contributed by atoms with E-state index in [4.69, 9.17) is 4.98 Å². The van der Waals surface area contributed by atoms with Crippen LogP contribution in [0.25, 0.3) is 11.0 Å². The maximum absolute atomic E-state index is 12.9. The van der Waals surface area contributed by atoms with Gasteiger partial charge in [0.1, 0.15) is 15.9 Å². The number of benzene rings is 1. The van der Waals surface area contributed by atoms with Crippen molar-refractivity contribution in [1.29, 1.82) is 0 Å². The first kappa shape index (κ1) is 15.7. The SMILES string of the molecule is CSc1nc(C(=O)N2CCC[C@H]2c2nc3ccccc3n2C)cs1. The Hall–Kier alpha value is -1.86. The number of rotatable bonds is 3. The summed E-state index contributed by atoms with van der Waals surface area (Å²) in [5.74, 6) is 0.975. The molecule has 1 aromatic carbocycles. The lowest BCUT2D eigenvalue weighted by Gasteiger charge is -2.23. The van der Waals surface area contributed by atoms with Gasteiger partial charge in [0.25, 0.3) is 5.91 Å². The summed E-state index contributed by atoms with van der Waals surface area (Å²) in [5.41, 5.74) is 2.63. The number of aromatic nitrogens is 3. The fourth-order valence-corrected chi connectivity index (χ4v) is 4.57. The summed E-state index contributed by atoms with van der Waals surface area (Å²) in [6, 6.07) is 8.12. The van der Waals surface area contributed by atoms with Crippen LogP contribution < -0.4 is 0 Å². The standard InChI is InChI=1S/C17H18N4OS2/c1-20-13-7-4-3-6-11(13)18-15(20)14-8-5-9-21(14)16(22)12-10-24-17(19-12)23-2/h3-4,6-7,10,14H,5,8-9H2,1-2H3/t14-/m0/s1. The summed E-state index contributed by atoms with van der Waals surface area (Å²) in [7, 11) is 2.03. The molecule has 5 nitrogen and oxygen atoms in total. The van der Waals surface area contributed by atoms with E-state index in [1.807, 2.05) is 41.8 Å². The molecule has 1 atom stereocenters. The number of thioether (sulfide) groups is 1. The lowest BCUT2D eigenvalue weighted by molar-refractivity contribution is 0.0723. The Bertz CT molecular complexity index is 901. The Labute approximate surface area is 148 Å². The van der Waals surface area contributed by atoms with E-state index in [1.165, 1.54) is 11.3 Å². The van der Waals surface area contributed by atoms with Gasteiger partial charge in [-0.15, -0.1) is 11.3 Å². The number of imidazole rings is 1. The summed E-state index contributed by atoms with van der Waals surface area (Å²) < 4.78 is 3.04. The first-order valence-electron chi connectivity index (χ1n) is 7.91. The van der Waals surface area contributed by atoms with Gasteiger partial charge in [0, 0.05) is 19.0 Å². The van der Waals surface area contributed by atoms with Gasteiger partial charge in [0.05, 0.1) is 17.1 Å². The Morgan fingerprint density at radius 2 is 2.17 bits per heavy atom. The molecule has 24 heavy (non-hydrogen) atoms. The Balaban J connectivity index is 1.69. The molecule has 0 N–H and O–H groups in total. The van der Waals surface area contributed by atoms with Gasteiger partial charge in [-0.3, -0.25) is 4.79 Å². The number of nitrogens with zero attached hydrogens (tertiary/aromatic N) is 4. The van der Waals surface area contributed by atoms with Crippen LogP contribution in [0.5, 0.6) is 0 Å². The minimum atomic E-state index is 0.0149. The van der Waals surface area contributed by atoms with Gasteiger partial charge in [0.2, 0.25) is 0 Å². The number of likely N-dealkylation sites (tertiary alicyclic amines) is 1. The van der Waals surface area contributed by atoms with Crippen LogP contribution in [-0.4, -0.2) is 38.1 Å². The highest BCUT2D eigenvalue weighted by Crippen LogP contribution is 2.34. The Kier molecular flexibility index (Phi) is 4.05. The number of hydrogen-bond acceptors (Lipinski definition) is 5. The van der Waals surface area contributed by atoms with Crippen LogP contribution >= 0.6 is 23.1 Å². The van der Waals surface area contributed by atoms with E-state index < -0.39 is 0 Å². The average Bonchev–Trinajstić information content (AvgIpc) is 3.33. The molecule has 0 saturated carbocycles. The number of hydrogen-bond donors (Lipinski definition) is 0. The third kappa shape index (κ3) is 2.52. The van der Waals surface area contributed by atoms with Crippen LogP contribution in [-0.2, 0) is 7.05 Å². The van der Waals surface area contributed by atoms with E-state index in [1.54, 1.807) is 11.8 Å². The third-order valence-corrected chi connectivity index (χ3v) is 6.37. The zero-order valence-electron chi connectivity index (χ0n) is 13.6. The predicted molar refractivity (Wildman–Crippen MR) is 97.6 cm³/mol. The van der Waals surface area contributed by atoms with Crippen LogP contribution in [0.15, 0.2) is 34.0 Å². The molecule has 3 aromatic rings. The van der Waals surface area contributed by atoms with Gasteiger partial charge < -0.3 is 9.47 Å². The highest BCUT2D eigenvalue weighted by Gasteiger charge is 2.34. The third-order valence-electron chi connectivity index (χ3n) is 4.51. The maximum Gasteiger partial charge on any atom is 0.273 e. The summed E-state index contributed by atoms with van der Waals surface area (Å²) in [6.07, 6.45) is 3.92. The quantitative estimate of drug-likeness (QED) is 0.670. The molecule has 1 aliphatic heterocycles. The number of aryl methyl sites for hydroxylation is 1. The molecule has 0 radical (unpaired) electrons. The van der Waals surface area contributed by atoms with Crippen molar-refractivity contribution in [2.75, 3.05) is 12.8 Å². The van der Waals surface area contributed by atoms with E-state index in [9.17, 15) is 4.79 Å². The van der Waals surface area contributed by atoms with Crippen LogP contribution in [0.2, 0.25) is 0 Å². The molecule has 0 unspecified atom stereocenters. The van der Waals surface area contributed by atoms with Gasteiger partial charge in [-0.2, -0.15) is 0 Å². The second kappa shape index (κ2) is 6.22. The number of thiazole rings is 1. The highest BCUT2D eigenvalue weighted by molar-refractivity contribution is 8.00. The fraction of sp³-hybridized carbons (Fsp3) is 0.353. The zero-order chi connectivity index (χ0) is 16.7. The average molecular weight is 358 g/mol. The van der Waals surface area contributed by atoms with Crippen molar-refractivity contribution in [2.45, 2.75) is 23.2 Å². The van der Waals surface area contributed by atoms with E-state index in [-0.39, 0.29) is 11.9 Å². The Morgan fingerprint density at radius 1 is 1.33 bits per heavy atom. The monoisotopic (exact) mass is 358 g/mol. The van der Waals surface area contributed by atoms with Gasteiger partial charge in [-0.05, 0) is 31.2 Å². The molecule has 3 heterocycles. The van der Waals surface area contributed by atoms with Gasteiger partial charge in [-0.1, -0.05) is 23.9 Å². The molecule has 124 valence electrons. The summed E-state index contributed by atoms with van der Waals surface area (Å²) in [5, 5.41) is 1.86. The molecule has 1 fully saturated rings. The minimum absolute atomic E-state index is 0.0149. The summed E-state index contributed by atoms with van der Waals surface area (Å²) in [6.45, 7) is 0.763. The topological polar surface area (TPSA) is 51.0 Å². The van der Waals surface area contributed by atoms with E-state index >= 15 is 0 Å². The summed E-state index contributed by atoms with van der Waals surface area (Å²) in [4.78, 5) is 24.1. The van der Waals surface area contributed by atoms with Crippen molar-refractivity contribution in [1.82, 2.24) is 19.4 Å². The maximum atomic E-state index is 12.9. The van der Waals surface area contributed by atoms with Gasteiger partial charge in [0.15, 0.2) is 0 Å². The fourth-order valence-electron chi connectivity index (χ4n) is 3.34. The van der Waals surface area contributed by atoms with Crippen molar-refractivity contribution < 1.29 is 4.79 Å². The van der Waals surface area contributed by atoms with Crippen LogP contribution in [0, 0.1) is 0 Å². The molecular formula is C17H18N4OS2.